The van der Waals surface area contributed by atoms with E-state index in [9.17, 15) is 14.7 Å². The van der Waals surface area contributed by atoms with Gasteiger partial charge in [-0.15, -0.1) is 0 Å². The van der Waals surface area contributed by atoms with Gasteiger partial charge >= 0.3 is 5.97 Å². The van der Waals surface area contributed by atoms with Crippen molar-refractivity contribution in [2.24, 2.45) is 29.1 Å². The smallest absolute Gasteiger partial charge is 0.307 e. The predicted molar refractivity (Wildman–Crippen MR) is 103 cm³/mol. The van der Waals surface area contributed by atoms with E-state index in [1.54, 1.807) is 0 Å². The summed E-state index contributed by atoms with van der Waals surface area (Å²) >= 11 is 0. The Kier molecular flexibility index (Phi) is 3.51. The summed E-state index contributed by atoms with van der Waals surface area (Å²) in [5.74, 6) is -2.03. The first-order valence-electron chi connectivity index (χ1n) is 9.48. The SMILES string of the molecule is O=C(O)C1C(C(=O)Nc2ccc(-c3ccccc3)cc2)C2C=CC1C21CC1. The topological polar surface area (TPSA) is 66.4 Å². The van der Waals surface area contributed by atoms with Gasteiger partial charge in [0.25, 0.3) is 0 Å². The molecule has 0 aliphatic heterocycles. The van der Waals surface area contributed by atoms with Gasteiger partial charge in [-0.1, -0.05) is 54.6 Å². The van der Waals surface area contributed by atoms with Crippen LogP contribution in [-0.4, -0.2) is 17.0 Å². The van der Waals surface area contributed by atoms with Gasteiger partial charge in [0.05, 0.1) is 11.8 Å². The van der Waals surface area contributed by atoms with Crippen molar-refractivity contribution in [1.82, 2.24) is 0 Å². The number of hydrogen-bond donors (Lipinski definition) is 2. The Morgan fingerprint density at radius 1 is 0.852 bits per heavy atom. The molecule has 5 rings (SSSR count). The van der Waals surface area contributed by atoms with Crippen LogP contribution < -0.4 is 5.32 Å². The van der Waals surface area contributed by atoms with Crippen molar-refractivity contribution >= 4 is 17.6 Å². The van der Waals surface area contributed by atoms with Gasteiger partial charge in [0.2, 0.25) is 5.91 Å². The third kappa shape index (κ3) is 2.43. The molecular weight excluding hydrogens is 338 g/mol. The van der Waals surface area contributed by atoms with Crippen molar-refractivity contribution in [3.8, 4) is 11.1 Å². The molecule has 2 aromatic rings. The van der Waals surface area contributed by atoms with Crippen LogP contribution in [0.4, 0.5) is 5.69 Å². The summed E-state index contributed by atoms with van der Waals surface area (Å²) in [5.41, 5.74) is 2.95. The highest BCUT2D eigenvalue weighted by Crippen LogP contribution is 2.72. The van der Waals surface area contributed by atoms with Crippen LogP contribution in [0.3, 0.4) is 0 Å². The minimum absolute atomic E-state index is 0.0104. The minimum atomic E-state index is -0.849. The molecule has 0 aromatic heterocycles. The lowest BCUT2D eigenvalue weighted by molar-refractivity contribution is -0.146. The molecule has 0 radical (unpaired) electrons. The second kappa shape index (κ2) is 5.81. The highest BCUT2D eigenvalue weighted by Gasteiger charge is 2.70. The van der Waals surface area contributed by atoms with E-state index in [1.165, 1.54) is 0 Å². The third-order valence-corrected chi connectivity index (χ3v) is 6.69. The maximum Gasteiger partial charge on any atom is 0.307 e. The van der Waals surface area contributed by atoms with Crippen LogP contribution in [0, 0.1) is 29.1 Å². The molecule has 1 amide bonds. The van der Waals surface area contributed by atoms with Gasteiger partial charge in [0.1, 0.15) is 0 Å². The van der Waals surface area contributed by atoms with Gasteiger partial charge < -0.3 is 10.4 Å². The van der Waals surface area contributed by atoms with Crippen LogP contribution in [0.25, 0.3) is 11.1 Å². The summed E-state index contributed by atoms with van der Waals surface area (Å²) in [5, 5.41) is 12.7. The summed E-state index contributed by atoms with van der Waals surface area (Å²) in [7, 11) is 0. The van der Waals surface area contributed by atoms with Crippen molar-refractivity contribution in [1.29, 1.82) is 0 Å². The van der Waals surface area contributed by atoms with Crippen molar-refractivity contribution < 1.29 is 14.7 Å². The molecule has 27 heavy (non-hydrogen) atoms. The highest BCUT2D eigenvalue weighted by molar-refractivity contribution is 5.97. The Labute approximate surface area is 157 Å². The summed E-state index contributed by atoms with van der Waals surface area (Å²) in [4.78, 5) is 24.8. The molecule has 4 unspecified atom stereocenters. The standard InChI is InChI=1S/C23H21NO3/c25-21(19-17-10-11-18(20(19)22(26)27)23(17)12-13-23)24-16-8-6-15(7-9-16)14-4-2-1-3-5-14/h1-11,17-20H,12-13H2,(H,24,25)(H,26,27). The summed E-state index contributed by atoms with van der Waals surface area (Å²) in [6, 6.07) is 17.8. The van der Waals surface area contributed by atoms with Gasteiger partial charge in [-0.05, 0) is 53.4 Å². The Hall–Kier alpha value is -2.88. The molecule has 3 aliphatic carbocycles. The molecule has 2 bridgehead atoms. The molecule has 2 N–H and O–H groups in total. The zero-order valence-electron chi connectivity index (χ0n) is 14.8. The van der Waals surface area contributed by atoms with E-state index < -0.39 is 17.8 Å². The Balaban J connectivity index is 1.36. The minimum Gasteiger partial charge on any atom is -0.481 e. The van der Waals surface area contributed by atoms with Gasteiger partial charge in [0, 0.05) is 5.69 Å². The van der Waals surface area contributed by atoms with Crippen LogP contribution in [0.1, 0.15) is 12.8 Å². The number of amides is 1. The van der Waals surface area contributed by atoms with E-state index in [-0.39, 0.29) is 23.2 Å². The van der Waals surface area contributed by atoms with E-state index in [4.69, 9.17) is 0 Å². The number of benzene rings is 2. The molecular formula is C23H21NO3. The van der Waals surface area contributed by atoms with E-state index >= 15 is 0 Å². The van der Waals surface area contributed by atoms with Crippen molar-refractivity contribution in [3.05, 3.63) is 66.7 Å². The number of hydrogen-bond acceptors (Lipinski definition) is 2. The average Bonchev–Trinajstić information content (AvgIpc) is 3.35. The molecule has 2 fully saturated rings. The Bertz CT molecular complexity index is 928. The van der Waals surface area contributed by atoms with Crippen LogP contribution in [0.2, 0.25) is 0 Å². The van der Waals surface area contributed by atoms with Gasteiger partial charge in [0.15, 0.2) is 0 Å². The maximum absolute atomic E-state index is 13.0. The van der Waals surface area contributed by atoms with E-state index in [2.05, 4.69) is 11.4 Å². The number of carbonyl (C=O) groups excluding carboxylic acids is 1. The Morgan fingerprint density at radius 3 is 2.04 bits per heavy atom. The maximum atomic E-state index is 13.0. The quantitative estimate of drug-likeness (QED) is 0.804. The number of aliphatic carboxylic acids is 1. The number of carbonyl (C=O) groups is 2. The number of carboxylic acids is 1. The molecule has 136 valence electrons. The molecule has 2 aromatic carbocycles. The van der Waals surface area contributed by atoms with Crippen LogP contribution >= 0.6 is 0 Å². The van der Waals surface area contributed by atoms with E-state index in [1.807, 2.05) is 60.7 Å². The van der Waals surface area contributed by atoms with Gasteiger partial charge in [-0.3, -0.25) is 9.59 Å². The molecule has 4 nitrogen and oxygen atoms in total. The van der Waals surface area contributed by atoms with Crippen molar-refractivity contribution in [2.45, 2.75) is 12.8 Å². The average molecular weight is 359 g/mol. The highest BCUT2D eigenvalue weighted by atomic mass is 16.4. The number of rotatable bonds is 4. The Morgan fingerprint density at radius 2 is 1.44 bits per heavy atom. The van der Waals surface area contributed by atoms with E-state index in [0.717, 1.165) is 24.0 Å². The largest absolute Gasteiger partial charge is 0.481 e. The predicted octanol–water partition coefficient (Wildman–Crippen LogP) is 4.21. The second-order valence-corrected chi connectivity index (χ2v) is 7.99. The van der Waals surface area contributed by atoms with Crippen LogP contribution in [0.15, 0.2) is 66.7 Å². The first kappa shape index (κ1) is 16.3. The lowest BCUT2D eigenvalue weighted by Crippen LogP contribution is -2.36. The zero-order valence-corrected chi connectivity index (χ0v) is 14.8. The number of anilines is 1. The zero-order chi connectivity index (χ0) is 18.6. The summed E-state index contributed by atoms with van der Waals surface area (Å²) in [6.07, 6.45) is 6.19. The number of allylic oxidation sites excluding steroid dienone is 2. The first-order valence-corrected chi connectivity index (χ1v) is 9.48. The lowest BCUT2D eigenvalue weighted by atomic mass is 9.82. The fourth-order valence-corrected chi connectivity index (χ4v) is 5.29. The van der Waals surface area contributed by atoms with Crippen LogP contribution in [0.5, 0.6) is 0 Å². The fraction of sp³-hybridized carbons (Fsp3) is 0.304. The number of carboxylic acid groups (broad SMARTS) is 1. The molecule has 4 atom stereocenters. The molecule has 2 saturated carbocycles. The summed E-state index contributed by atoms with van der Waals surface area (Å²) < 4.78 is 0. The molecule has 0 saturated heterocycles. The van der Waals surface area contributed by atoms with Gasteiger partial charge in [-0.25, -0.2) is 0 Å². The monoisotopic (exact) mass is 359 g/mol. The molecule has 1 spiro atoms. The summed E-state index contributed by atoms with van der Waals surface area (Å²) in [6.45, 7) is 0. The van der Waals surface area contributed by atoms with Gasteiger partial charge in [-0.2, -0.15) is 0 Å². The third-order valence-electron chi connectivity index (χ3n) is 6.69. The van der Waals surface area contributed by atoms with Crippen LogP contribution in [-0.2, 0) is 9.59 Å². The molecule has 3 aliphatic rings. The first-order chi connectivity index (χ1) is 13.1. The number of nitrogens with one attached hydrogen (secondary N) is 1. The fourth-order valence-electron chi connectivity index (χ4n) is 5.29. The lowest BCUT2D eigenvalue weighted by Gasteiger charge is -2.23. The van der Waals surface area contributed by atoms with Crippen molar-refractivity contribution in [3.63, 3.8) is 0 Å². The second-order valence-electron chi connectivity index (χ2n) is 7.99. The molecule has 0 heterocycles. The molecule has 4 heteroatoms. The normalized spacial score (nSPS) is 29.0. The van der Waals surface area contributed by atoms with E-state index in [0.29, 0.717) is 5.69 Å². The van der Waals surface area contributed by atoms with Crippen molar-refractivity contribution in [2.75, 3.05) is 5.32 Å².